The molecule has 4 nitrogen and oxygen atoms in total. The van der Waals surface area contributed by atoms with Gasteiger partial charge in [0.05, 0.1) is 11.1 Å². The van der Waals surface area contributed by atoms with Crippen LogP contribution in [0.4, 0.5) is 0 Å². The lowest BCUT2D eigenvalue weighted by Crippen LogP contribution is -2.13. The lowest BCUT2D eigenvalue weighted by atomic mass is 9.92. The van der Waals surface area contributed by atoms with Crippen LogP contribution in [0.5, 0.6) is 0 Å². The minimum Gasteiger partial charge on any atom is -0.396 e. The van der Waals surface area contributed by atoms with Crippen LogP contribution in [0, 0.1) is 0 Å². The summed E-state index contributed by atoms with van der Waals surface area (Å²) in [7, 11) is 0. The Kier molecular flexibility index (Phi) is 4.05. The average molecular weight is 409 g/mol. The van der Waals surface area contributed by atoms with Crippen molar-refractivity contribution in [3.05, 3.63) is 76.4 Å². The fourth-order valence-electron chi connectivity index (χ4n) is 5.56. The van der Waals surface area contributed by atoms with E-state index in [0.29, 0.717) is 13.0 Å². The van der Waals surface area contributed by atoms with Crippen LogP contribution < -0.4 is 5.32 Å². The van der Waals surface area contributed by atoms with E-state index in [1.807, 2.05) is 6.92 Å². The molecule has 154 valence electrons. The Balaban J connectivity index is 1.80. The quantitative estimate of drug-likeness (QED) is 0.438. The maximum absolute atomic E-state index is 13.0. The van der Waals surface area contributed by atoms with Gasteiger partial charge in [-0.15, -0.1) is 0 Å². The van der Waals surface area contributed by atoms with Crippen LogP contribution in [0.25, 0.3) is 39.0 Å². The highest BCUT2D eigenvalue weighted by Gasteiger charge is 2.35. The van der Waals surface area contributed by atoms with Gasteiger partial charge in [0.15, 0.2) is 0 Å². The van der Waals surface area contributed by atoms with Crippen molar-refractivity contribution in [2.24, 2.45) is 0 Å². The molecule has 0 bridgehead atoms. The second kappa shape index (κ2) is 6.82. The van der Waals surface area contributed by atoms with Gasteiger partial charge in [0, 0.05) is 48.0 Å². The van der Waals surface area contributed by atoms with Crippen LogP contribution in [0.2, 0.25) is 0 Å². The molecule has 0 spiro atoms. The lowest BCUT2D eigenvalue weighted by molar-refractivity contribution is 0.0966. The van der Waals surface area contributed by atoms with Crippen LogP contribution in [0.15, 0.2) is 48.5 Å². The number of hydrogen-bond acceptors (Lipinski definition) is 2. The third-order valence-electron chi connectivity index (χ3n) is 6.73. The number of rotatable bonds is 4. The number of benzene rings is 3. The molecule has 2 heterocycles. The standard InChI is InChI=1S/C27H24N2O2/c1-2-6-16-9-10-22-19(13-16)24-21-15-28-27(31)25(21)23-18-8-4-3-7-17(18)14-20(23)26(24)29(22)11-5-12-30/h2-4,6-10,13,30H,5,11-12,14-15H2,1H3,(H,28,31)/b6-2+. The van der Waals surface area contributed by atoms with Crippen LogP contribution in [-0.2, 0) is 19.5 Å². The molecule has 2 N–H and O–H groups in total. The second-order valence-electron chi connectivity index (χ2n) is 8.45. The van der Waals surface area contributed by atoms with Gasteiger partial charge in [0.2, 0.25) is 0 Å². The van der Waals surface area contributed by atoms with E-state index in [1.165, 1.54) is 38.5 Å². The van der Waals surface area contributed by atoms with Crippen molar-refractivity contribution in [1.29, 1.82) is 0 Å². The summed E-state index contributed by atoms with van der Waals surface area (Å²) in [5, 5.41) is 15.0. The monoisotopic (exact) mass is 408 g/mol. The van der Waals surface area contributed by atoms with Crippen LogP contribution in [-0.4, -0.2) is 22.2 Å². The molecule has 0 fully saturated rings. The zero-order chi connectivity index (χ0) is 21.1. The molecule has 1 amide bonds. The first-order valence-corrected chi connectivity index (χ1v) is 11.0. The molecule has 6 rings (SSSR count). The van der Waals surface area contributed by atoms with E-state index in [4.69, 9.17) is 0 Å². The SMILES string of the molecule is C/C=C/c1ccc2c(c1)c1c3c(c4c(c1n2CCCO)Cc1ccccc1-4)C(=O)NC3. The molecule has 31 heavy (non-hydrogen) atoms. The first-order valence-electron chi connectivity index (χ1n) is 11.0. The molecule has 1 aromatic heterocycles. The Morgan fingerprint density at radius 2 is 2.00 bits per heavy atom. The first-order chi connectivity index (χ1) is 15.2. The van der Waals surface area contributed by atoms with Crippen LogP contribution >= 0.6 is 0 Å². The fourth-order valence-corrected chi connectivity index (χ4v) is 5.56. The van der Waals surface area contributed by atoms with Gasteiger partial charge in [-0.3, -0.25) is 4.79 Å². The third kappa shape index (κ3) is 2.48. The molecular formula is C27H24N2O2. The molecule has 2 aliphatic rings. The number of carbonyl (C=O) groups is 1. The van der Waals surface area contributed by atoms with E-state index in [9.17, 15) is 9.90 Å². The number of aryl methyl sites for hydroxylation is 1. The molecule has 4 heteroatoms. The minimum atomic E-state index is 0.0331. The summed E-state index contributed by atoms with van der Waals surface area (Å²) < 4.78 is 2.37. The molecule has 4 aromatic rings. The Bertz CT molecular complexity index is 1420. The van der Waals surface area contributed by atoms with E-state index < -0.39 is 0 Å². The minimum absolute atomic E-state index is 0.0331. The summed E-state index contributed by atoms with van der Waals surface area (Å²) in [5.74, 6) is 0.0331. The van der Waals surface area contributed by atoms with Crippen molar-refractivity contribution >= 4 is 33.8 Å². The molecule has 0 atom stereocenters. The number of nitrogens with zero attached hydrogens (tertiary/aromatic N) is 1. The first kappa shape index (κ1) is 18.4. The van der Waals surface area contributed by atoms with Crippen molar-refractivity contribution < 1.29 is 9.90 Å². The number of aliphatic hydroxyl groups excluding tert-OH is 1. The summed E-state index contributed by atoms with van der Waals surface area (Å²) in [6, 6.07) is 15.0. The molecule has 0 radical (unpaired) electrons. The number of hydrogen-bond donors (Lipinski definition) is 2. The summed E-state index contributed by atoms with van der Waals surface area (Å²) in [5.41, 5.74) is 10.3. The largest absolute Gasteiger partial charge is 0.396 e. The van der Waals surface area contributed by atoms with Gasteiger partial charge in [0.25, 0.3) is 5.91 Å². The molecule has 1 aliphatic carbocycles. The van der Waals surface area contributed by atoms with Gasteiger partial charge in [0.1, 0.15) is 0 Å². The third-order valence-corrected chi connectivity index (χ3v) is 6.73. The van der Waals surface area contributed by atoms with E-state index >= 15 is 0 Å². The smallest absolute Gasteiger partial charge is 0.252 e. The van der Waals surface area contributed by atoms with Crippen LogP contribution in [0.1, 0.15) is 46.0 Å². The normalized spacial score (nSPS) is 14.5. The highest BCUT2D eigenvalue weighted by molar-refractivity contribution is 6.20. The van der Waals surface area contributed by atoms with Crippen molar-refractivity contribution in [3.8, 4) is 11.1 Å². The second-order valence-corrected chi connectivity index (χ2v) is 8.45. The van der Waals surface area contributed by atoms with E-state index in [2.05, 4.69) is 64.5 Å². The van der Waals surface area contributed by atoms with Gasteiger partial charge < -0.3 is 15.0 Å². The lowest BCUT2D eigenvalue weighted by Gasteiger charge is -2.13. The number of allylic oxidation sites excluding steroid dienone is 1. The van der Waals surface area contributed by atoms with Crippen molar-refractivity contribution in [2.75, 3.05) is 6.61 Å². The number of carbonyl (C=O) groups excluding carboxylic acids is 1. The Morgan fingerprint density at radius 3 is 2.84 bits per heavy atom. The number of amides is 1. The van der Waals surface area contributed by atoms with Gasteiger partial charge in [-0.2, -0.15) is 0 Å². The maximum Gasteiger partial charge on any atom is 0.252 e. The molecule has 0 saturated heterocycles. The predicted octanol–water partition coefficient (Wildman–Crippen LogP) is 5.02. The van der Waals surface area contributed by atoms with Crippen molar-refractivity contribution in [2.45, 2.75) is 32.9 Å². The molecule has 3 aromatic carbocycles. The average Bonchev–Trinajstić information content (AvgIpc) is 3.44. The molecule has 0 saturated carbocycles. The fraction of sp³-hybridized carbons (Fsp3) is 0.222. The maximum atomic E-state index is 13.0. The van der Waals surface area contributed by atoms with E-state index in [-0.39, 0.29) is 12.5 Å². The summed E-state index contributed by atoms with van der Waals surface area (Å²) >= 11 is 0. The number of aliphatic hydroxyl groups is 1. The number of nitrogens with one attached hydrogen (secondary N) is 1. The van der Waals surface area contributed by atoms with E-state index in [1.54, 1.807) is 0 Å². The Labute approximate surface area is 180 Å². The van der Waals surface area contributed by atoms with Gasteiger partial charge in [-0.1, -0.05) is 42.5 Å². The topological polar surface area (TPSA) is 54.3 Å². The van der Waals surface area contributed by atoms with E-state index in [0.717, 1.165) is 35.2 Å². The highest BCUT2D eigenvalue weighted by Crippen LogP contribution is 2.48. The van der Waals surface area contributed by atoms with Crippen LogP contribution in [0.3, 0.4) is 0 Å². The summed E-state index contributed by atoms with van der Waals surface area (Å²) in [4.78, 5) is 13.0. The molecular weight excluding hydrogens is 384 g/mol. The Morgan fingerprint density at radius 1 is 1.13 bits per heavy atom. The van der Waals surface area contributed by atoms with Gasteiger partial charge in [-0.25, -0.2) is 0 Å². The summed E-state index contributed by atoms with van der Waals surface area (Å²) in [6.45, 7) is 3.50. The van der Waals surface area contributed by atoms with Crippen molar-refractivity contribution in [3.63, 3.8) is 0 Å². The zero-order valence-electron chi connectivity index (χ0n) is 17.5. The highest BCUT2D eigenvalue weighted by atomic mass is 16.3. The predicted molar refractivity (Wildman–Crippen MR) is 125 cm³/mol. The summed E-state index contributed by atoms with van der Waals surface area (Å²) in [6.07, 6.45) is 5.70. The zero-order valence-corrected chi connectivity index (χ0v) is 17.5. The Hall–Kier alpha value is -3.37. The van der Waals surface area contributed by atoms with Gasteiger partial charge in [-0.05, 0) is 53.3 Å². The van der Waals surface area contributed by atoms with Crippen molar-refractivity contribution in [1.82, 2.24) is 9.88 Å². The van der Waals surface area contributed by atoms with Gasteiger partial charge >= 0.3 is 0 Å². The molecule has 0 unspecified atom stereocenters. The number of aromatic nitrogens is 1. The number of fused-ring (bicyclic) bond motifs is 10. The molecule has 1 aliphatic heterocycles.